The molecular formula is C15H18N4S. The molecule has 20 heavy (non-hydrogen) atoms. The van der Waals surface area contributed by atoms with Crippen molar-refractivity contribution >= 4 is 22.4 Å². The lowest BCUT2D eigenvalue weighted by molar-refractivity contribution is 0.691. The summed E-state index contributed by atoms with van der Waals surface area (Å²) in [5.41, 5.74) is 5.91. The molecule has 0 amide bonds. The van der Waals surface area contributed by atoms with Gasteiger partial charge in [0.15, 0.2) is 5.65 Å². The Morgan fingerprint density at radius 2 is 2.10 bits per heavy atom. The molecule has 4 nitrogen and oxygen atoms in total. The van der Waals surface area contributed by atoms with Crippen molar-refractivity contribution in [3.63, 3.8) is 0 Å². The Morgan fingerprint density at radius 3 is 2.85 bits per heavy atom. The highest BCUT2D eigenvalue weighted by Gasteiger charge is 2.07. The van der Waals surface area contributed by atoms with Crippen LogP contribution in [0.3, 0.4) is 0 Å². The Kier molecular flexibility index (Phi) is 3.54. The second-order valence-corrected chi connectivity index (χ2v) is 5.85. The first kappa shape index (κ1) is 13.3. The first-order valence-corrected chi connectivity index (χ1v) is 7.60. The zero-order valence-electron chi connectivity index (χ0n) is 12.0. The van der Waals surface area contributed by atoms with Gasteiger partial charge in [-0.05, 0) is 47.4 Å². The standard InChI is InChI=1S/C15H18N4S/c1-10-8-20-9-13(10)7-16-5-12-4-14-11(2)18-19(3)15(14)17-6-12/h4,6,8-9,16H,5,7H2,1-3H3. The molecule has 104 valence electrons. The van der Waals surface area contributed by atoms with E-state index >= 15 is 0 Å². The Bertz CT molecular complexity index is 741. The lowest BCUT2D eigenvalue weighted by Gasteiger charge is -2.05. The second kappa shape index (κ2) is 5.34. The zero-order valence-corrected chi connectivity index (χ0v) is 12.8. The van der Waals surface area contributed by atoms with Crippen LogP contribution in [-0.4, -0.2) is 14.8 Å². The van der Waals surface area contributed by atoms with Crippen LogP contribution in [0.2, 0.25) is 0 Å². The van der Waals surface area contributed by atoms with Gasteiger partial charge in [-0.1, -0.05) is 0 Å². The molecule has 3 aromatic rings. The normalized spacial score (nSPS) is 11.3. The molecule has 0 fully saturated rings. The summed E-state index contributed by atoms with van der Waals surface area (Å²) in [4.78, 5) is 4.50. The molecule has 0 saturated carbocycles. The molecule has 1 N–H and O–H groups in total. The smallest absolute Gasteiger partial charge is 0.157 e. The van der Waals surface area contributed by atoms with E-state index in [1.54, 1.807) is 11.3 Å². The third-order valence-electron chi connectivity index (χ3n) is 3.53. The van der Waals surface area contributed by atoms with E-state index in [4.69, 9.17) is 0 Å². The molecule has 0 bridgehead atoms. The lowest BCUT2D eigenvalue weighted by atomic mass is 10.2. The fourth-order valence-electron chi connectivity index (χ4n) is 2.36. The summed E-state index contributed by atoms with van der Waals surface area (Å²) in [5, 5.41) is 13.4. The minimum absolute atomic E-state index is 0.826. The summed E-state index contributed by atoms with van der Waals surface area (Å²) in [7, 11) is 1.93. The summed E-state index contributed by atoms with van der Waals surface area (Å²) < 4.78 is 1.83. The topological polar surface area (TPSA) is 42.7 Å². The third kappa shape index (κ3) is 2.46. The molecule has 0 aliphatic rings. The van der Waals surface area contributed by atoms with Crippen molar-refractivity contribution in [2.75, 3.05) is 0 Å². The number of aromatic nitrogens is 3. The first-order chi connectivity index (χ1) is 9.65. The summed E-state index contributed by atoms with van der Waals surface area (Å²) in [6.45, 7) is 5.90. The summed E-state index contributed by atoms with van der Waals surface area (Å²) in [5.74, 6) is 0. The van der Waals surface area contributed by atoms with Crippen LogP contribution in [0.4, 0.5) is 0 Å². The van der Waals surface area contributed by atoms with Crippen LogP contribution >= 0.6 is 11.3 Å². The van der Waals surface area contributed by atoms with E-state index in [0.29, 0.717) is 0 Å². The van der Waals surface area contributed by atoms with Gasteiger partial charge in [0.1, 0.15) is 0 Å². The van der Waals surface area contributed by atoms with Crippen LogP contribution in [0, 0.1) is 13.8 Å². The minimum atomic E-state index is 0.826. The molecule has 0 unspecified atom stereocenters. The summed E-state index contributed by atoms with van der Waals surface area (Å²) in [6.07, 6.45) is 1.93. The van der Waals surface area contributed by atoms with E-state index in [0.717, 1.165) is 29.8 Å². The van der Waals surface area contributed by atoms with Gasteiger partial charge in [-0.25, -0.2) is 4.98 Å². The van der Waals surface area contributed by atoms with Gasteiger partial charge in [0.05, 0.1) is 5.69 Å². The van der Waals surface area contributed by atoms with Crippen molar-refractivity contribution in [2.45, 2.75) is 26.9 Å². The number of nitrogens with one attached hydrogen (secondary N) is 1. The Labute approximate surface area is 122 Å². The summed E-state index contributed by atoms with van der Waals surface area (Å²) in [6, 6.07) is 2.18. The highest BCUT2D eigenvalue weighted by atomic mass is 32.1. The molecule has 0 aliphatic carbocycles. The average Bonchev–Trinajstić information content (AvgIpc) is 2.95. The molecule has 3 rings (SSSR count). The molecule has 0 saturated heterocycles. The van der Waals surface area contributed by atoms with Crippen molar-refractivity contribution in [1.29, 1.82) is 0 Å². The van der Waals surface area contributed by atoms with Crippen LogP contribution < -0.4 is 5.32 Å². The number of hydrogen-bond donors (Lipinski definition) is 1. The van der Waals surface area contributed by atoms with Gasteiger partial charge >= 0.3 is 0 Å². The predicted molar refractivity (Wildman–Crippen MR) is 82.8 cm³/mol. The number of nitrogens with zero attached hydrogens (tertiary/aromatic N) is 3. The fourth-order valence-corrected chi connectivity index (χ4v) is 3.21. The van der Waals surface area contributed by atoms with Gasteiger partial charge in [0.25, 0.3) is 0 Å². The monoisotopic (exact) mass is 286 g/mol. The highest BCUT2D eigenvalue weighted by molar-refractivity contribution is 7.08. The predicted octanol–water partition coefficient (Wildman–Crippen LogP) is 2.94. The van der Waals surface area contributed by atoms with E-state index in [1.807, 2.05) is 24.9 Å². The number of pyridine rings is 1. The van der Waals surface area contributed by atoms with Gasteiger partial charge in [0.2, 0.25) is 0 Å². The molecule has 0 aliphatic heterocycles. The van der Waals surface area contributed by atoms with Crippen molar-refractivity contribution in [3.8, 4) is 0 Å². The van der Waals surface area contributed by atoms with Crippen molar-refractivity contribution < 1.29 is 0 Å². The first-order valence-electron chi connectivity index (χ1n) is 6.66. The molecule has 0 atom stereocenters. The number of fused-ring (bicyclic) bond motifs is 1. The number of rotatable bonds is 4. The second-order valence-electron chi connectivity index (χ2n) is 5.11. The van der Waals surface area contributed by atoms with E-state index in [9.17, 15) is 0 Å². The van der Waals surface area contributed by atoms with E-state index in [-0.39, 0.29) is 0 Å². The Hall–Kier alpha value is -1.72. The highest BCUT2D eigenvalue weighted by Crippen LogP contribution is 2.17. The SMILES string of the molecule is Cc1cscc1CNCc1cnc2c(c1)c(C)nn2C. The van der Waals surface area contributed by atoms with Gasteiger partial charge in [-0.15, -0.1) is 0 Å². The lowest BCUT2D eigenvalue weighted by Crippen LogP contribution is -2.13. The van der Waals surface area contributed by atoms with Crippen molar-refractivity contribution in [2.24, 2.45) is 7.05 Å². The maximum atomic E-state index is 4.50. The van der Waals surface area contributed by atoms with E-state index in [1.165, 1.54) is 16.7 Å². The van der Waals surface area contributed by atoms with E-state index in [2.05, 4.69) is 39.1 Å². The van der Waals surface area contributed by atoms with Gasteiger partial charge in [-0.2, -0.15) is 16.4 Å². The quantitative estimate of drug-likeness (QED) is 0.802. The number of hydrogen-bond acceptors (Lipinski definition) is 4. The number of thiophene rings is 1. The molecule has 3 aromatic heterocycles. The van der Waals surface area contributed by atoms with Crippen LogP contribution in [0.25, 0.3) is 11.0 Å². The third-order valence-corrected chi connectivity index (χ3v) is 4.44. The van der Waals surface area contributed by atoms with Gasteiger partial charge in [0, 0.05) is 31.7 Å². The molecule has 3 heterocycles. The molecule has 0 spiro atoms. The largest absolute Gasteiger partial charge is 0.309 e. The molecule has 0 aromatic carbocycles. The fraction of sp³-hybridized carbons (Fsp3) is 0.333. The molecule has 5 heteroatoms. The van der Waals surface area contributed by atoms with Crippen LogP contribution in [-0.2, 0) is 20.1 Å². The van der Waals surface area contributed by atoms with E-state index < -0.39 is 0 Å². The van der Waals surface area contributed by atoms with Gasteiger partial charge < -0.3 is 5.32 Å². The Balaban J connectivity index is 1.72. The number of aryl methyl sites for hydroxylation is 3. The molecule has 0 radical (unpaired) electrons. The van der Waals surface area contributed by atoms with Crippen molar-refractivity contribution in [3.05, 3.63) is 45.4 Å². The average molecular weight is 286 g/mol. The maximum absolute atomic E-state index is 4.50. The van der Waals surface area contributed by atoms with Crippen LogP contribution in [0.1, 0.15) is 22.4 Å². The van der Waals surface area contributed by atoms with Gasteiger partial charge in [-0.3, -0.25) is 4.68 Å². The summed E-state index contributed by atoms with van der Waals surface area (Å²) >= 11 is 1.76. The van der Waals surface area contributed by atoms with Crippen LogP contribution in [0.15, 0.2) is 23.0 Å². The Morgan fingerprint density at radius 1 is 1.25 bits per heavy atom. The zero-order chi connectivity index (χ0) is 14.1. The maximum Gasteiger partial charge on any atom is 0.157 e. The van der Waals surface area contributed by atoms with Crippen LogP contribution in [0.5, 0.6) is 0 Å². The molecular weight excluding hydrogens is 268 g/mol. The van der Waals surface area contributed by atoms with Crippen molar-refractivity contribution in [1.82, 2.24) is 20.1 Å². The minimum Gasteiger partial charge on any atom is -0.309 e.